The van der Waals surface area contributed by atoms with E-state index in [4.69, 9.17) is 28.7 Å². The molecule has 3 aliphatic rings. The number of benzene rings is 7. The number of hydrogen-bond donors (Lipinski definition) is 1. The largest absolute Gasteiger partial charge is 0.319 e. The average Bonchev–Trinajstić information content (AvgIpc) is 3.72. The SMILES string of the molecule is C[Si](C)/N=C1\C(=N)C=CC=C1N(c1ccc(-c2ccc3ccccc3c2)c2c1=N[Si](C)(C)N=2)c1ccc(-c2ccc3ccc4ccccc4c3c2)c2c1=N[Si](C)(C)N=2. The molecule has 7 aromatic rings. The van der Waals surface area contributed by atoms with E-state index in [1.54, 1.807) is 0 Å². The van der Waals surface area contributed by atoms with Crippen molar-refractivity contribution in [1.29, 1.82) is 5.41 Å². The average molecular weight is 801 g/mol. The molecule has 0 atom stereocenters. The lowest BCUT2D eigenvalue weighted by Gasteiger charge is -2.30. The highest BCUT2D eigenvalue weighted by atomic mass is 28.3. The molecule has 1 N–H and O–H groups in total. The summed E-state index contributed by atoms with van der Waals surface area (Å²) in [6.07, 6.45) is 5.88. The Balaban J connectivity index is 1.24. The quantitative estimate of drug-likeness (QED) is 0.101. The maximum Gasteiger partial charge on any atom is 0.298 e. The van der Waals surface area contributed by atoms with E-state index in [2.05, 4.69) is 172 Å². The predicted molar refractivity (Wildman–Crippen MR) is 248 cm³/mol. The molecule has 0 saturated carbocycles. The van der Waals surface area contributed by atoms with Crippen molar-refractivity contribution in [2.75, 3.05) is 4.90 Å². The van der Waals surface area contributed by atoms with Crippen LogP contribution in [-0.4, -0.2) is 37.2 Å². The van der Waals surface area contributed by atoms with Gasteiger partial charge in [0.1, 0.15) is 0 Å². The molecule has 1 radical (unpaired) electrons. The minimum atomic E-state index is -2.42. The molecule has 0 aromatic heterocycles. The van der Waals surface area contributed by atoms with E-state index in [9.17, 15) is 0 Å². The highest BCUT2D eigenvalue weighted by molar-refractivity contribution is 6.74. The summed E-state index contributed by atoms with van der Waals surface area (Å²) in [4.78, 5) is 2.25. The second kappa shape index (κ2) is 13.4. The first-order valence-electron chi connectivity index (χ1n) is 19.8. The zero-order chi connectivity index (χ0) is 39.9. The van der Waals surface area contributed by atoms with Crippen LogP contribution in [0, 0.1) is 5.41 Å². The Labute approximate surface area is 341 Å². The van der Waals surface area contributed by atoms with Gasteiger partial charge in [-0.15, -0.1) is 0 Å². The summed E-state index contributed by atoms with van der Waals surface area (Å²) in [7, 11) is -5.93. The maximum absolute atomic E-state index is 9.16. The molecule has 58 heavy (non-hydrogen) atoms. The van der Waals surface area contributed by atoms with Crippen molar-refractivity contribution in [3.63, 3.8) is 0 Å². The van der Waals surface area contributed by atoms with Gasteiger partial charge >= 0.3 is 0 Å². The van der Waals surface area contributed by atoms with Crippen LogP contribution in [0.2, 0.25) is 39.3 Å². The molecule has 0 bridgehead atoms. The molecule has 0 amide bonds. The van der Waals surface area contributed by atoms with Crippen LogP contribution in [0.5, 0.6) is 0 Å². The molecule has 2 aliphatic heterocycles. The van der Waals surface area contributed by atoms with E-state index in [1.165, 1.54) is 32.3 Å². The fraction of sp³-hybridized carbons (Fsp3) is 0.125. The molecule has 0 fully saturated rings. The van der Waals surface area contributed by atoms with Gasteiger partial charge in [-0.1, -0.05) is 116 Å². The lowest BCUT2D eigenvalue weighted by atomic mass is 9.96. The summed E-state index contributed by atoms with van der Waals surface area (Å²) in [5.41, 5.74) is 8.04. The second-order valence-electron chi connectivity index (χ2n) is 16.4. The standard InChI is InChI=1S/C48H42N7Si3/c1-56(2)50-46-40(49)16-11-17-41(46)55(42-26-24-37(44-47(42)53-57(3,4)51-44)34-22-18-30-12-7-8-14-33(30)28-34)43-27-25-38(45-48(43)54-58(5,6)52-45)35-23-21-32-20-19-31-13-9-10-15-36(31)39(32)29-35/h7-29,49H,1-6H3/b49-40?,50-46+. The van der Waals surface area contributed by atoms with Crippen LogP contribution in [0.15, 0.2) is 169 Å². The number of nitrogens with zero attached hydrogens (tertiary/aromatic N) is 6. The molecule has 2 heterocycles. The van der Waals surface area contributed by atoms with Gasteiger partial charge in [0.05, 0.1) is 49.9 Å². The van der Waals surface area contributed by atoms with Crippen LogP contribution in [0.25, 0.3) is 54.6 Å². The molecule has 7 aromatic carbocycles. The number of anilines is 2. The third kappa shape index (κ3) is 6.15. The van der Waals surface area contributed by atoms with E-state index >= 15 is 0 Å². The van der Waals surface area contributed by atoms with Crippen LogP contribution in [0.3, 0.4) is 0 Å². The molecular formula is C48H42N7Si3. The maximum atomic E-state index is 9.16. The van der Waals surface area contributed by atoms with Crippen LogP contribution in [0.1, 0.15) is 0 Å². The van der Waals surface area contributed by atoms with Crippen molar-refractivity contribution < 1.29 is 0 Å². The van der Waals surface area contributed by atoms with Crippen molar-refractivity contribution in [2.24, 2.45) is 23.3 Å². The van der Waals surface area contributed by atoms with Crippen molar-refractivity contribution in [3.8, 4) is 22.3 Å². The smallest absolute Gasteiger partial charge is 0.298 e. The molecule has 281 valence electrons. The van der Waals surface area contributed by atoms with Crippen LogP contribution in [-0.2, 0) is 0 Å². The zero-order valence-corrected chi connectivity index (χ0v) is 36.5. The van der Waals surface area contributed by atoms with Crippen LogP contribution >= 0.6 is 0 Å². The highest BCUT2D eigenvalue weighted by Crippen LogP contribution is 2.34. The van der Waals surface area contributed by atoms with Gasteiger partial charge in [-0.3, -0.25) is 24.0 Å². The van der Waals surface area contributed by atoms with Gasteiger partial charge < -0.3 is 9.56 Å². The Morgan fingerprint density at radius 1 is 0.552 bits per heavy atom. The molecule has 10 rings (SSSR count). The summed E-state index contributed by atoms with van der Waals surface area (Å²) >= 11 is 0. The Kier molecular flexibility index (Phi) is 8.38. The lowest BCUT2D eigenvalue weighted by Crippen LogP contribution is -2.40. The fourth-order valence-electron chi connectivity index (χ4n) is 8.52. The number of hydrogen-bond acceptors (Lipinski definition) is 7. The number of allylic oxidation sites excluding steroid dienone is 4. The van der Waals surface area contributed by atoms with Crippen LogP contribution in [0.4, 0.5) is 11.4 Å². The van der Waals surface area contributed by atoms with Crippen molar-refractivity contribution >= 4 is 80.9 Å². The summed E-state index contributed by atoms with van der Waals surface area (Å²) in [5.74, 6) is 0. The first-order valence-corrected chi connectivity index (χ1v) is 28.0. The molecule has 10 heteroatoms. The van der Waals surface area contributed by atoms with Gasteiger partial charge in [-0.25, -0.2) is 0 Å². The van der Waals surface area contributed by atoms with Gasteiger partial charge in [0.25, 0.3) is 16.8 Å². The van der Waals surface area contributed by atoms with E-state index in [0.29, 0.717) is 11.4 Å². The Hall–Kier alpha value is -6.21. The Bertz CT molecular complexity index is 3310. The Morgan fingerprint density at radius 3 is 1.71 bits per heavy atom. The van der Waals surface area contributed by atoms with E-state index < -0.39 is 25.8 Å². The van der Waals surface area contributed by atoms with E-state index in [-0.39, 0.29) is 0 Å². The van der Waals surface area contributed by atoms with Gasteiger partial charge in [0.15, 0.2) is 8.96 Å². The summed E-state index contributed by atoms with van der Waals surface area (Å²) < 4.78 is 27.0. The number of rotatable bonds is 6. The second-order valence-corrected chi connectivity index (χ2v) is 25.4. The van der Waals surface area contributed by atoms with Crippen LogP contribution < -0.4 is 26.3 Å². The van der Waals surface area contributed by atoms with Crippen molar-refractivity contribution in [2.45, 2.75) is 39.3 Å². The van der Waals surface area contributed by atoms with Gasteiger partial charge in [0, 0.05) is 11.1 Å². The predicted octanol–water partition coefficient (Wildman–Crippen LogP) is 9.69. The number of fused-ring (bicyclic) bond motifs is 6. The van der Waals surface area contributed by atoms with Gasteiger partial charge in [0.2, 0.25) is 0 Å². The lowest BCUT2D eigenvalue weighted by molar-refractivity contribution is 1.16. The minimum absolute atomic E-state index is 0.391. The normalized spacial score (nSPS) is 16.8. The number of nitrogens with one attached hydrogen (secondary N) is 1. The first kappa shape index (κ1) is 36.2. The van der Waals surface area contributed by atoms with Gasteiger partial charge in [-0.2, -0.15) is 0 Å². The highest BCUT2D eigenvalue weighted by Gasteiger charge is 2.33. The Morgan fingerprint density at radius 2 is 1.07 bits per heavy atom. The zero-order valence-electron chi connectivity index (χ0n) is 33.5. The van der Waals surface area contributed by atoms with Gasteiger partial charge in [-0.05, 0) is 106 Å². The molecule has 1 aliphatic carbocycles. The summed E-state index contributed by atoms with van der Waals surface area (Å²) in [6.45, 7) is 13.1. The molecule has 0 saturated heterocycles. The molecule has 7 nitrogen and oxygen atoms in total. The fourth-order valence-corrected chi connectivity index (χ4v) is 12.4. The monoisotopic (exact) mass is 800 g/mol. The first-order chi connectivity index (χ1) is 27.9. The third-order valence-corrected chi connectivity index (χ3v) is 14.7. The third-order valence-electron chi connectivity index (χ3n) is 11.0. The summed E-state index contributed by atoms with van der Waals surface area (Å²) in [6, 6.07) is 43.6. The topological polar surface area (TPSA) is 88.9 Å². The molecule has 0 unspecified atom stereocenters. The minimum Gasteiger partial charge on any atom is -0.319 e. The van der Waals surface area contributed by atoms with E-state index in [1.807, 2.05) is 12.2 Å². The molecule has 0 spiro atoms. The summed E-state index contributed by atoms with van der Waals surface area (Å²) in [5, 5.41) is 20.0. The van der Waals surface area contributed by atoms with E-state index in [0.717, 1.165) is 60.8 Å². The van der Waals surface area contributed by atoms with Crippen molar-refractivity contribution in [3.05, 3.63) is 167 Å². The van der Waals surface area contributed by atoms with Crippen molar-refractivity contribution in [1.82, 2.24) is 0 Å². The molecular weight excluding hydrogens is 759 g/mol.